The van der Waals surface area contributed by atoms with Gasteiger partial charge in [-0.2, -0.15) is 4.31 Å². The highest BCUT2D eigenvalue weighted by Crippen LogP contribution is 2.40. The van der Waals surface area contributed by atoms with Gasteiger partial charge < -0.3 is 0 Å². The van der Waals surface area contributed by atoms with Crippen LogP contribution in [0.15, 0.2) is 23.2 Å². The van der Waals surface area contributed by atoms with Crippen molar-refractivity contribution in [1.29, 1.82) is 0 Å². The van der Waals surface area contributed by atoms with Gasteiger partial charge in [0.2, 0.25) is 10.0 Å². The minimum atomic E-state index is -3.47. The second kappa shape index (κ2) is 4.47. The van der Waals surface area contributed by atoms with E-state index in [9.17, 15) is 8.42 Å². The molecule has 0 amide bonds. The summed E-state index contributed by atoms with van der Waals surface area (Å²) in [6, 6.07) is 3.13. The summed E-state index contributed by atoms with van der Waals surface area (Å²) in [6.07, 6.45) is 5.03. The third-order valence-corrected chi connectivity index (χ3v) is 6.31. The second-order valence-corrected chi connectivity index (χ2v) is 7.33. The van der Waals surface area contributed by atoms with Gasteiger partial charge in [0.15, 0.2) is 0 Å². The van der Waals surface area contributed by atoms with Crippen molar-refractivity contribution < 1.29 is 8.42 Å². The standard InChI is InChI=1S/C12H15ClN2O2S/c13-12-11(5-2-6-14-12)18(16,17)15-7-9-3-1-4-10(9)8-15/h2,5-6,9-10H,1,3-4,7-8H2. The molecule has 1 aromatic heterocycles. The topological polar surface area (TPSA) is 50.3 Å². The van der Waals surface area contributed by atoms with Crippen molar-refractivity contribution in [3.63, 3.8) is 0 Å². The Kier molecular flexibility index (Phi) is 3.08. The van der Waals surface area contributed by atoms with Gasteiger partial charge in [-0.15, -0.1) is 0 Å². The first-order chi connectivity index (χ1) is 8.59. The van der Waals surface area contributed by atoms with Crippen LogP contribution in [0.3, 0.4) is 0 Å². The second-order valence-electron chi connectivity index (χ2n) is 5.07. The molecule has 0 radical (unpaired) electrons. The Balaban J connectivity index is 1.90. The number of pyridine rings is 1. The lowest BCUT2D eigenvalue weighted by atomic mass is 10.0. The molecule has 2 aliphatic rings. The zero-order valence-corrected chi connectivity index (χ0v) is 11.5. The van der Waals surface area contributed by atoms with E-state index in [2.05, 4.69) is 4.98 Å². The summed E-state index contributed by atoms with van der Waals surface area (Å²) in [4.78, 5) is 3.98. The molecule has 4 nitrogen and oxygen atoms in total. The fraction of sp³-hybridized carbons (Fsp3) is 0.583. The summed E-state index contributed by atoms with van der Waals surface area (Å²) in [6.45, 7) is 1.27. The predicted molar refractivity (Wildman–Crippen MR) is 68.8 cm³/mol. The highest BCUT2D eigenvalue weighted by atomic mass is 35.5. The maximum absolute atomic E-state index is 12.5. The van der Waals surface area contributed by atoms with Gasteiger partial charge in [0.25, 0.3) is 0 Å². The third kappa shape index (κ3) is 1.94. The highest BCUT2D eigenvalue weighted by Gasteiger charge is 2.41. The lowest BCUT2D eigenvalue weighted by Gasteiger charge is -2.17. The van der Waals surface area contributed by atoms with Crippen LogP contribution in [0, 0.1) is 11.8 Å². The molecule has 0 bridgehead atoms. The number of halogens is 1. The molecule has 0 spiro atoms. The van der Waals surface area contributed by atoms with Crippen LogP contribution in [-0.2, 0) is 10.0 Å². The molecule has 98 valence electrons. The van der Waals surface area contributed by atoms with Crippen LogP contribution in [0.4, 0.5) is 0 Å². The zero-order chi connectivity index (χ0) is 12.8. The van der Waals surface area contributed by atoms with Gasteiger partial charge in [0.1, 0.15) is 10.0 Å². The zero-order valence-electron chi connectivity index (χ0n) is 9.92. The molecular formula is C12H15ClN2O2S. The molecule has 2 fully saturated rings. The number of hydrogen-bond donors (Lipinski definition) is 0. The smallest absolute Gasteiger partial charge is 0.243 e. The molecule has 3 rings (SSSR count). The van der Waals surface area contributed by atoms with Crippen LogP contribution in [0.5, 0.6) is 0 Å². The molecule has 2 unspecified atom stereocenters. The largest absolute Gasteiger partial charge is 0.246 e. The maximum Gasteiger partial charge on any atom is 0.246 e. The van der Waals surface area contributed by atoms with Gasteiger partial charge in [0, 0.05) is 19.3 Å². The van der Waals surface area contributed by atoms with Crippen LogP contribution in [0.2, 0.25) is 5.15 Å². The number of fused-ring (bicyclic) bond motifs is 1. The first-order valence-electron chi connectivity index (χ1n) is 6.19. The Morgan fingerprint density at radius 2 is 1.94 bits per heavy atom. The van der Waals surface area contributed by atoms with Gasteiger partial charge in [-0.25, -0.2) is 13.4 Å². The first-order valence-corrected chi connectivity index (χ1v) is 8.01. The lowest BCUT2D eigenvalue weighted by Crippen LogP contribution is -2.30. The van der Waals surface area contributed by atoms with Crippen LogP contribution in [0.1, 0.15) is 19.3 Å². The van der Waals surface area contributed by atoms with E-state index in [1.54, 1.807) is 10.4 Å². The number of sulfonamides is 1. The average molecular weight is 287 g/mol. The molecule has 6 heteroatoms. The van der Waals surface area contributed by atoms with Crippen molar-refractivity contribution in [1.82, 2.24) is 9.29 Å². The summed E-state index contributed by atoms with van der Waals surface area (Å²) in [5.74, 6) is 1.07. The minimum absolute atomic E-state index is 0.0644. The van der Waals surface area contributed by atoms with E-state index in [0.29, 0.717) is 24.9 Å². The highest BCUT2D eigenvalue weighted by molar-refractivity contribution is 7.89. The SMILES string of the molecule is O=S(=O)(c1cccnc1Cl)N1CC2CCCC2C1. The van der Waals surface area contributed by atoms with Gasteiger partial charge >= 0.3 is 0 Å². The van der Waals surface area contributed by atoms with Crippen LogP contribution in [0.25, 0.3) is 0 Å². The summed E-state index contributed by atoms with van der Waals surface area (Å²) in [5.41, 5.74) is 0. The van der Waals surface area contributed by atoms with Crippen molar-refractivity contribution in [2.45, 2.75) is 24.2 Å². The average Bonchev–Trinajstić information content (AvgIpc) is 2.89. The minimum Gasteiger partial charge on any atom is -0.243 e. The Bertz CT molecular complexity index is 549. The summed E-state index contributed by atoms with van der Waals surface area (Å²) < 4.78 is 26.5. The van der Waals surface area contributed by atoms with Crippen molar-refractivity contribution in [3.05, 3.63) is 23.5 Å². The predicted octanol–water partition coefficient (Wildman–Crippen LogP) is 2.16. The first kappa shape index (κ1) is 12.4. The van der Waals surface area contributed by atoms with Gasteiger partial charge in [-0.1, -0.05) is 18.0 Å². The van der Waals surface area contributed by atoms with Crippen LogP contribution in [-0.4, -0.2) is 30.8 Å². The third-order valence-electron chi connectivity index (χ3n) is 4.04. The molecule has 2 atom stereocenters. The molecule has 1 aromatic rings. The Morgan fingerprint density at radius 3 is 2.56 bits per heavy atom. The summed E-state index contributed by atoms with van der Waals surface area (Å²) in [5, 5.41) is 0.0644. The van der Waals surface area contributed by atoms with Crippen LogP contribution >= 0.6 is 11.6 Å². The van der Waals surface area contributed by atoms with Gasteiger partial charge in [0.05, 0.1) is 0 Å². The maximum atomic E-state index is 12.5. The van der Waals surface area contributed by atoms with Crippen molar-refractivity contribution >= 4 is 21.6 Å². The molecule has 1 aliphatic heterocycles. The molecule has 0 aromatic carbocycles. The number of aromatic nitrogens is 1. The van der Waals surface area contributed by atoms with Gasteiger partial charge in [-0.05, 0) is 36.8 Å². The summed E-state index contributed by atoms with van der Waals surface area (Å²) >= 11 is 5.89. The van der Waals surface area contributed by atoms with E-state index in [1.807, 2.05) is 0 Å². The Hall–Kier alpha value is -0.650. The Morgan fingerprint density at radius 1 is 1.28 bits per heavy atom. The quantitative estimate of drug-likeness (QED) is 0.783. The number of rotatable bonds is 2. The normalized spacial score (nSPS) is 28.5. The van der Waals surface area contributed by atoms with E-state index in [-0.39, 0.29) is 10.0 Å². The van der Waals surface area contributed by atoms with E-state index >= 15 is 0 Å². The number of nitrogens with zero attached hydrogens (tertiary/aromatic N) is 2. The van der Waals surface area contributed by atoms with E-state index in [1.165, 1.54) is 18.7 Å². The lowest BCUT2D eigenvalue weighted by molar-refractivity contribution is 0.445. The molecule has 1 saturated heterocycles. The fourth-order valence-electron chi connectivity index (χ4n) is 3.09. The number of hydrogen-bond acceptors (Lipinski definition) is 3. The Labute approximate surface area is 112 Å². The molecule has 0 N–H and O–H groups in total. The van der Waals surface area contributed by atoms with E-state index in [0.717, 1.165) is 12.8 Å². The molecule has 18 heavy (non-hydrogen) atoms. The van der Waals surface area contributed by atoms with Gasteiger partial charge in [-0.3, -0.25) is 0 Å². The van der Waals surface area contributed by atoms with Crippen LogP contribution < -0.4 is 0 Å². The van der Waals surface area contributed by atoms with Crippen molar-refractivity contribution in [2.24, 2.45) is 11.8 Å². The van der Waals surface area contributed by atoms with Crippen molar-refractivity contribution in [2.75, 3.05) is 13.1 Å². The van der Waals surface area contributed by atoms with Crippen molar-refractivity contribution in [3.8, 4) is 0 Å². The van der Waals surface area contributed by atoms with E-state index < -0.39 is 10.0 Å². The molecular weight excluding hydrogens is 272 g/mol. The fourth-order valence-corrected chi connectivity index (χ4v) is 5.07. The molecule has 1 aliphatic carbocycles. The molecule has 1 saturated carbocycles. The van der Waals surface area contributed by atoms with E-state index in [4.69, 9.17) is 11.6 Å². The summed E-state index contributed by atoms with van der Waals surface area (Å²) in [7, 11) is -3.47. The molecule has 2 heterocycles. The monoisotopic (exact) mass is 286 g/mol.